The summed E-state index contributed by atoms with van der Waals surface area (Å²) in [5.74, 6) is -0.796. The van der Waals surface area contributed by atoms with E-state index in [1.165, 1.54) is 29.2 Å². The van der Waals surface area contributed by atoms with Crippen molar-refractivity contribution in [1.82, 2.24) is 10.2 Å². The summed E-state index contributed by atoms with van der Waals surface area (Å²) in [4.78, 5) is 29.6. The molecule has 0 aromatic heterocycles. The van der Waals surface area contributed by atoms with Crippen molar-refractivity contribution in [2.24, 2.45) is 0 Å². The summed E-state index contributed by atoms with van der Waals surface area (Å²) in [6, 6.07) is 30.9. The van der Waals surface area contributed by atoms with Crippen LogP contribution < -0.4 is 9.62 Å². The van der Waals surface area contributed by atoms with E-state index in [1.54, 1.807) is 25.1 Å². The fraction of sp³-hybridized carbons (Fsp3) is 0.235. The molecule has 43 heavy (non-hydrogen) atoms. The van der Waals surface area contributed by atoms with E-state index >= 15 is 0 Å². The topological polar surface area (TPSA) is 86.8 Å². The average molecular weight is 618 g/mol. The van der Waals surface area contributed by atoms with E-state index < -0.39 is 28.5 Å². The highest BCUT2D eigenvalue weighted by Crippen LogP contribution is 2.28. The van der Waals surface area contributed by atoms with Crippen LogP contribution in [0.4, 0.5) is 5.69 Å². The van der Waals surface area contributed by atoms with Crippen molar-refractivity contribution in [3.8, 4) is 0 Å². The third kappa shape index (κ3) is 8.24. The van der Waals surface area contributed by atoms with E-state index in [9.17, 15) is 18.0 Å². The second-order valence-corrected chi connectivity index (χ2v) is 12.6. The van der Waals surface area contributed by atoms with Crippen LogP contribution >= 0.6 is 11.6 Å². The first-order chi connectivity index (χ1) is 20.7. The van der Waals surface area contributed by atoms with E-state index in [1.807, 2.05) is 73.7 Å². The number of amides is 2. The van der Waals surface area contributed by atoms with E-state index in [2.05, 4.69) is 5.32 Å². The molecular formula is C34H36ClN3O4S. The van der Waals surface area contributed by atoms with Crippen molar-refractivity contribution in [2.45, 2.75) is 44.2 Å². The zero-order chi connectivity index (χ0) is 30.8. The Labute approximate surface area is 259 Å². The van der Waals surface area contributed by atoms with Crippen LogP contribution in [0.5, 0.6) is 0 Å². The molecule has 1 atom stereocenters. The highest BCUT2D eigenvalue weighted by Gasteiger charge is 2.35. The Hall–Kier alpha value is -4.14. The number of nitrogens with one attached hydrogen (secondary N) is 1. The maximum Gasteiger partial charge on any atom is 0.264 e. The molecule has 4 aromatic rings. The van der Waals surface area contributed by atoms with Crippen LogP contribution in [0.1, 0.15) is 30.0 Å². The monoisotopic (exact) mass is 617 g/mol. The number of halogens is 1. The molecule has 0 heterocycles. The number of anilines is 1. The van der Waals surface area contributed by atoms with Crippen LogP contribution in [-0.2, 0) is 32.6 Å². The van der Waals surface area contributed by atoms with Gasteiger partial charge in [0.05, 0.1) is 10.6 Å². The first-order valence-corrected chi connectivity index (χ1v) is 16.0. The summed E-state index contributed by atoms with van der Waals surface area (Å²) in [5.41, 5.74) is 2.76. The summed E-state index contributed by atoms with van der Waals surface area (Å²) in [6.07, 6.45) is 1.00. The molecule has 0 aliphatic carbocycles. The molecule has 0 fully saturated rings. The Morgan fingerprint density at radius 2 is 1.40 bits per heavy atom. The molecule has 0 aliphatic heterocycles. The number of benzene rings is 4. The summed E-state index contributed by atoms with van der Waals surface area (Å²) in [7, 11) is -4.19. The molecule has 0 saturated carbocycles. The number of para-hydroxylation sites is 1. The fourth-order valence-corrected chi connectivity index (χ4v) is 6.40. The van der Waals surface area contributed by atoms with Gasteiger partial charge in [0.1, 0.15) is 12.6 Å². The predicted octanol–water partition coefficient (Wildman–Crippen LogP) is 6.01. The van der Waals surface area contributed by atoms with Gasteiger partial charge in [-0.25, -0.2) is 8.42 Å². The molecule has 1 unspecified atom stereocenters. The van der Waals surface area contributed by atoms with Gasteiger partial charge in [0.2, 0.25) is 11.8 Å². The van der Waals surface area contributed by atoms with Gasteiger partial charge in [0.15, 0.2) is 0 Å². The SMILES string of the molecule is CCCNC(=O)C(Cc1ccccc1)N(Cc1ccccc1)C(=O)CN(c1ccccc1C)S(=O)(=O)c1ccc(Cl)cc1. The van der Waals surface area contributed by atoms with Crippen molar-refractivity contribution < 1.29 is 18.0 Å². The smallest absolute Gasteiger partial charge is 0.264 e. The van der Waals surface area contributed by atoms with Crippen molar-refractivity contribution >= 4 is 39.1 Å². The van der Waals surface area contributed by atoms with Crippen LogP contribution in [0, 0.1) is 6.92 Å². The molecule has 1 N–H and O–H groups in total. The number of hydrogen-bond acceptors (Lipinski definition) is 4. The Morgan fingerprint density at radius 1 is 0.814 bits per heavy atom. The molecule has 0 bridgehead atoms. The van der Waals surface area contributed by atoms with Crippen molar-refractivity contribution in [1.29, 1.82) is 0 Å². The minimum atomic E-state index is -4.19. The summed E-state index contributed by atoms with van der Waals surface area (Å²) < 4.78 is 29.3. The number of aryl methyl sites for hydroxylation is 1. The van der Waals surface area contributed by atoms with Gasteiger partial charge in [-0.15, -0.1) is 0 Å². The van der Waals surface area contributed by atoms with Gasteiger partial charge in [-0.1, -0.05) is 97.4 Å². The third-order valence-corrected chi connectivity index (χ3v) is 9.11. The van der Waals surface area contributed by atoms with Crippen molar-refractivity contribution in [3.05, 3.63) is 131 Å². The van der Waals surface area contributed by atoms with Gasteiger partial charge in [-0.3, -0.25) is 13.9 Å². The van der Waals surface area contributed by atoms with Crippen LogP contribution in [-0.4, -0.2) is 44.3 Å². The van der Waals surface area contributed by atoms with E-state index in [0.29, 0.717) is 22.8 Å². The van der Waals surface area contributed by atoms with Gasteiger partial charge >= 0.3 is 0 Å². The largest absolute Gasteiger partial charge is 0.354 e. The highest BCUT2D eigenvalue weighted by atomic mass is 35.5. The summed E-state index contributed by atoms with van der Waals surface area (Å²) >= 11 is 6.05. The van der Waals surface area contributed by atoms with Crippen LogP contribution in [0.25, 0.3) is 0 Å². The first kappa shape index (κ1) is 31.8. The molecule has 224 valence electrons. The van der Waals surface area contributed by atoms with Crippen LogP contribution in [0.2, 0.25) is 5.02 Å². The number of hydrogen-bond donors (Lipinski definition) is 1. The zero-order valence-electron chi connectivity index (χ0n) is 24.3. The van der Waals surface area contributed by atoms with Crippen LogP contribution in [0.15, 0.2) is 114 Å². The molecule has 0 radical (unpaired) electrons. The lowest BCUT2D eigenvalue weighted by atomic mass is 10.0. The van der Waals surface area contributed by atoms with Crippen molar-refractivity contribution in [2.75, 3.05) is 17.4 Å². The van der Waals surface area contributed by atoms with Gasteiger partial charge in [-0.2, -0.15) is 0 Å². The number of rotatable bonds is 13. The van der Waals surface area contributed by atoms with E-state index in [4.69, 9.17) is 11.6 Å². The number of sulfonamides is 1. The molecule has 9 heteroatoms. The van der Waals surface area contributed by atoms with Gasteiger partial charge in [0, 0.05) is 24.5 Å². The molecule has 0 spiro atoms. The standard InChI is InChI=1S/C34H36ClN3O4S/c1-3-22-36-34(40)32(23-27-13-6-4-7-14-27)37(24-28-15-8-5-9-16-28)33(39)25-38(31-17-11-10-12-26(31)2)43(41,42)30-20-18-29(35)19-21-30/h4-21,32H,3,22-25H2,1-2H3,(H,36,40). The minimum Gasteiger partial charge on any atom is -0.354 e. The Balaban J connectivity index is 1.79. The lowest BCUT2D eigenvalue weighted by Crippen LogP contribution is -2.53. The minimum absolute atomic E-state index is 0.00378. The molecule has 4 rings (SSSR count). The number of carbonyl (C=O) groups is 2. The number of carbonyl (C=O) groups excluding carboxylic acids is 2. The molecule has 2 amide bonds. The molecule has 4 aromatic carbocycles. The molecule has 0 aliphatic rings. The Bertz CT molecular complexity index is 1610. The fourth-order valence-electron chi connectivity index (χ4n) is 4.79. The normalized spacial score (nSPS) is 11.9. The zero-order valence-corrected chi connectivity index (χ0v) is 25.9. The molecular weight excluding hydrogens is 582 g/mol. The Kier molecular flexibility index (Phi) is 11.0. The maximum absolute atomic E-state index is 14.4. The predicted molar refractivity (Wildman–Crippen MR) is 171 cm³/mol. The highest BCUT2D eigenvalue weighted by molar-refractivity contribution is 7.92. The lowest BCUT2D eigenvalue weighted by Gasteiger charge is -2.34. The third-order valence-electron chi connectivity index (χ3n) is 7.08. The van der Waals surface area contributed by atoms with Gasteiger partial charge < -0.3 is 10.2 Å². The first-order valence-electron chi connectivity index (χ1n) is 14.2. The van der Waals surface area contributed by atoms with E-state index in [0.717, 1.165) is 21.9 Å². The maximum atomic E-state index is 14.4. The second kappa shape index (κ2) is 14.8. The Morgan fingerprint density at radius 3 is 2.00 bits per heavy atom. The number of nitrogens with zero attached hydrogens (tertiary/aromatic N) is 2. The second-order valence-electron chi connectivity index (χ2n) is 10.3. The lowest BCUT2D eigenvalue weighted by molar-refractivity contribution is -0.140. The van der Waals surface area contributed by atoms with Gasteiger partial charge in [-0.05, 0) is 60.4 Å². The molecule has 0 saturated heterocycles. The van der Waals surface area contributed by atoms with E-state index in [-0.39, 0.29) is 23.8 Å². The summed E-state index contributed by atoms with van der Waals surface area (Å²) in [5, 5.41) is 3.35. The van der Waals surface area contributed by atoms with Gasteiger partial charge in [0.25, 0.3) is 10.0 Å². The van der Waals surface area contributed by atoms with Crippen molar-refractivity contribution in [3.63, 3.8) is 0 Å². The van der Waals surface area contributed by atoms with Crippen LogP contribution in [0.3, 0.4) is 0 Å². The summed E-state index contributed by atoms with van der Waals surface area (Å²) in [6.45, 7) is 3.83. The average Bonchev–Trinajstić information content (AvgIpc) is 3.02. The quantitative estimate of drug-likeness (QED) is 0.199. The molecule has 7 nitrogen and oxygen atoms in total.